The quantitative estimate of drug-likeness (QED) is 0.778. The zero-order valence-electron chi connectivity index (χ0n) is 10.1. The Morgan fingerprint density at radius 3 is 2.82 bits per heavy atom. The van der Waals surface area contributed by atoms with E-state index in [1.54, 1.807) is 0 Å². The molecule has 1 aliphatic rings. The number of carbonyl (C=O) groups is 1. The number of Topliss-reactive ketones (excluding diaryl/α,β-unsaturated/α-hetero) is 1. The van der Waals surface area contributed by atoms with Gasteiger partial charge in [-0.1, -0.05) is 42.1 Å². The van der Waals surface area contributed by atoms with Crippen molar-refractivity contribution < 1.29 is 4.79 Å². The lowest BCUT2D eigenvalue weighted by Gasteiger charge is -2.28. The molecule has 1 saturated carbocycles. The molecule has 17 heavy (non-hydrogen) atoms. The van der Waals surface area contributed by atoms with Gasteiger partial charge in [-0.15, -0.1) is 0 Å². The fourth-order valence-electron chi connectivity index (χ4n) is 2.49. The molecule has 1 aromatic carbocycles. The standard InChI is InChI=1S/C14H18ClNO/c1-10-6-7-12(15)11(9-10)14(16)8-4-2-3-5-13(14)17/h6-7,9H,2-5,8,16H2,1H3. The maximum absolute atomic E-state index is 12.2. The number of ketones is 1. The molecule has 1 aromatic rings. The molecule has 0 bridgehead atoms. The molecular formula is C14H18ClNO. The minimum Gasteiger partial charge on any atom is -0.315 e. The third-order valence-electron chi connectivity index (χ3n) is 3.58. The van der Waals surface area contributed by atoms with Crippen molar-refractivity contribution in [3.63, 3.8) is 0 Å². The molecule has 2 nitrogen and oxygen atoms in total. The molecular weight excluding hydrogens is 234 g/mol. The first kappa shape index (κ1) is 12.6. The summed E-state index contributed by atoms with van der Waals surface area (Å²) < 4.78 is 0. The van der Waals surface area contributed by atoms with Crippen molar-refractivity contribution >= 4 is 17.4 Å². The molecule has 1 unspecified atom stereocenters. The maximum atomic E-state index is 12.2. The predicted octanol–water partition coefficient (Wildman–Crippen LogP) is 3.34. The summed E-state index contributed by atoms with van der Waals surface area (Å²) >= 11 is 6.21. The van der Waals surface area contributed by atoms with Crippen molar-refractivity contribution in [3.8, 4) is 0 Å². The largest absolute Gasteiger partial charge is 0.315 e. The first-order chi connectivity index (χ1) is 8.04. The molecule has 0 aliphatic heterocycles. The van der Waals surface area contributed by atoms with Crippen LogP contribution in [0.2, 0.25) is 5.02 Å². The fourth-order valence-corrected chi connectivity index (χ4v) is 2.78. The summed E-state index contributed by atoms with van der Waals surface area (Å²) in [6.45, 7) is 1.99. The SMILES string of the molecule is Cc1ccc(Cl)c(C2(N)CCCCCC2=O)c1. The second-order valence-corrected chi connectivity index (χ2v) is 5.35. The summed E-state index contributed by atoms with van der Waals surface area (Å²) in [7, 11) is 0. The first-order valence-electron chi connectivity index (χ1n) is 6.13. The van der Waals surface area contributed by atoms with Gasteiger partial charge in [0.2, 0.25) is 0 Å². The van der Waals surface area contributed by atoms with E-state index in [-0.39, 0.29) is 5.78 Å². The number of carbonyl (C=O) groups excluding carboxylic acids is 1. The number of halogens is 1. The van der Waals surface area contributed by atoms with Crippen LogP contribution in [0.5, 0.6) is 0 Å². The average Bonchev–Trinajstić information content (AvgIpc) is 2.46. The van der Waals surface area contributed by atoms with Crippen molar-refractivity contribution in [1.82, 2.24) is 0 Å². The van der Waals surface area contributed by atoms with Gasteiger partial charge in [0.05, 0.1) is 0 Å². The number of benzene rings is 1. The summed E-state index contributed by atoms with van der Waals surface area (Å²) in [5.74, 6) is 0.127. The van der Waals surface area contributed by atoms with E-state index in [2.05, 4.69) is 0 Å². The summed E-state index contributed by atoms with van der Waals surface area (Å²) in [5.41, 5.74) is 7.37. The van der Waals surface area contributed by atoms with Crippen LogP contribution in [0.1, 0.15) is 43.2 Å². The minimum atomic E-state index is -0.875. The molecule has 0 saturated heterocycles. The van der Waals surface area contributed by atoms with Gasteiger partial charge < -0.3 is 5.73 Å². The van der Waals surface area contributed by atoms with Gasteiger partial charge in [0.25, 0.3) is 0 Å². The molecule has 92 valence electrons. The van der Waals surface area contributed by atoms with Crippen LogP contribution in [0.4, 0.5) is 0 Å². The van der Waals surface area contributed by atoms with Crippen LogP contribution in [0.25, 0.3) is 0 Å². The highest BCUT2D eigenvalue weighted by atomic mass is 35.5. The second-order valence-electron chi connectivity index (χ2n) is 4.94. The highest BCUT2D eigenvalue weighted by Crippen LogP contribution is 2.35. The summed E-state index contributed by atoms with van der Waals surface area (Å²) in [4.78, 5) is 12.2. The highest BCUT2D eigenvalue weighted by Gasteiger charge is 2.37. The van der Waals surface area contributed by atoms with Crippen LogP contribution in [-0.4, -0.2) is 5.78 Å². The lowest BCUT2D eigenvalue weighted by molar-refractivity contribution is -0.124. The Bertz CT molecular complexity index is 444. The molecule has 1 fully saturated rings. The van der Waals surface area contributed by atoms with E-state index in [0.29, 0.717) is 17.9 Å². The van der Waals surface area contributed by atoms with E-state index < -0.39 is 5.54 Å². The second kappa shape index (κ2) is 4.79. The molecule has 2 rings (SSSR count). The Morgan fingerprint density at radius 1 is 1.29 bits per heavy atom. The van der Waals surface area contributed by atoms with Crippen molar-refractivity contribution in [2.75, 3.05) is 0 Å². The van der Waals surface area contributed by atoms with Gasteiger partial charge in [-0.2, -0.15) is 0 Å². The molecule has 3 heteroatoms. The Hall–Kier alpha value is -0.860. The lowest BCUT2D eigenvalue weighted by atomic mass is 9.82. The number of hydrogen-bond acceptors (Lipinski definition) is 2. The van der Waals surface area contributed by atoms with Gasteiger partial charge in [0, 0.05) is 11.4 Å². The number of aryl methyl sites for hydroxylation is 1. The first-order valence-corrected chi connectivity index (χ1v) is 6.50. The molecule has 0 amide bonds. The van der Waals surface area contributed by atoms with Gasteiger partial charge in [0.15, 0.2) is 5.78 Å². The van der Waals surface area contributed by atoms with Crippen molar-refractivity contribution in [2.24, 2.45) is 5.73 Å². The zero-order valence-corrected chi connectivity index (χ0v) is 10.9. The summed E-state index contributed by atoms with van der Waals surface area (Å²) in [6.07, 6.45) is 4.29. The van der Waals surface area contributed by atoms with Crippen LogP contribution in [0.15, 0.2) is 18.2 Å². The van der Waals surface area contributed by atoms with E-state index in [0.717, 1.165) is 30.4 Å². The van der Waals surface area contributed by atoms with Crippen LogP contribution < -0.4 is 5.73 Å². The zero-order chi connectivity index (χ0) is 12.5. The molecule has 0 radical (unpaired) electrons. The van der Waals surface area contributed by atoms with Crippen LogP contribution in [0, 0.1) is 6.92 Å². The third-order valence-corrected chi connectivity index (χ3v) is 3.90. The molecule has 1 atom stereocenters. The van der Waals surface area contributed by atoms with Crippen LogP contribution in [0.3, 0.4) is 0 Å². The molecule has 1 aliphatic carbocycles. The van der Waals surface area contributed by atoms with Gasteiger partial charge >= 0.3 is 0 Å². The molecule has 0 heterocycles. The van der Waals surface area contributed by atoms with Crippen molar-refractivity contribution in [1.29, 1.82) is 0 Å². The van der Waals surface area contributed by atoms with Gasteiger partial charge in [-0.05, 0) is 31.4 Å². The van der Waals surface area contributed by atoms with E-state index in [4.69, 9.17) is 17.3 Å². The molecule has 0 aromatic heterocycles. The van der Waals surface area contributed by atoms with Crippen molar-refractivity contribution in [3.05, 3.63) is 34.3 Å². The summed E-state index contributed by atoms with van der Waals surface area (Å²) in [5, 5.41) is 0.605. The van der Waals surface area contributed by atoms with Crippen LogP contribution >= 0.6 is 11.6 Å². The Kier molecular flexibility index (Phi) is 3.55. The number of rotatable bonds is 1. The number of nitrogens with two attached hydrogens (primary N) is 1. The summed E-state index contributed by atoms with van der Waals surface area (Å²) in [6, 6.07) is 5.72. The molecule has 0 spiro atoms. The monoisotopic (exact) mass is 251 g/mol. The van der Waals surface area contributed by atoms with E-state index in [1.165, 1.54) is 0 Å². The Morgan fingerprint density at radius 2 is 2.06 bits per heavy atom. The van der Waals surface area contributed by atoms with Crippen molar-refractivity contribution in [2.45, 2.75) is 44.6 Å². The van der Waals surface area contributed by atoms with Gasteiger partial charge in [-0.25, -0.2) is 0 Å². The Labute approximate surface area is 107 Å². The normalized spacial score (nSPS) is 25.7. The minimum absolute atomic E-state index is 0.127. The average molecular weight is 252 g/mol. The van der Waals surface area contributed by atoms with E-state index in [1.807, 2.05) is 25.1 Å². The smallest absolute Gasteiger partial charge is 0.157 e. The Balaban J connectivity index is 2.47. The molecule has 2 N–H and O–H groups in total. The number of hydrogen-bond donors (Lipinski definition) is 1. The van der Waals surface area contributed by atoms with Gasteiger partial charge in [-0.3, -0.25) is 4.79 Å². The topological polar surface area (TPSA) is 43.1 Å². The van der Waals surface area contributed by atoms with Gasteiger partial charge in [0.1, 0.15) is 5.54 Å². The lowest BCUT2D eigenvalue weighted by Crippen LogP contribution is -2.44. The van der Waals surface area contributed by atoms with E-state index >= 15 is 0 Å². The predicted molar refractivity (Wildman–Crippen MR) is 70.1 cm³/mol. The maximum Gasteiger partial charge on any atom is 0.157 e. The van der Waals surface area contributed by atoms with E-state index in [9.17, 15) is 4.79 Å². The third kappa shape index (κ3) is 2.38. The van der Waals surface area contributed by atoms with Crippen LogP contribution in [-0.2, 0) is 10.3 Å². The highest BCUT2D eigenvalue weighted by molar-refractivity contribution is 6.31. The fraction of sp³-hybridized carbons (Fsp3) is 0.500.